The van der Waals surface area contributed by atoms with E-state index in [2.05, 4.69) is 5.32 Å². The number of methoxy groups -OCH3 is 1. The first-order chi connectivity index (χ1) is 13.8. The second-order valence-electron chi connectivity index (χ2n) is 7.40. The normalized spacial score (nSPS) is 12.2. The Hall–Kier alpha value is -3.12. The zero-order valence-electron chi connectivity index (χ0n) is 17.4. The number of nitrogens with zero attached hydrogens (tertiary/aromatic N) is 1. The van der Waals surface area contributed by atoms with Crippen LogP contribution in [0.15, 0.2) is 51.7 Å². The minimum absolute atomic E-state index is 0.0155. The molecule has 1 unspecified atom stereocenters. The van der Waals surface area contributed by atoms with Crippen LogP contribution in [-0.4, -0.2) is 38.6 Å². The number of nitrogens with one attached hydrogen (secondary N) is 1. The van der Waals surface area contributed by atoms with Gasteiger partial charge in [-0.1, -0.05) is 18.2 Å². The maximum absolute atomic E-state index is 12.7. The maximum Gasteiger partial charge on any atom is 0.287 e. The van der Waals surface area contributed by atoms with Gasteiger partial charge in [0.15, 0.2) is 11.2 Å². The van der Waals surface area contributed by atoms with Crippen molar-refractivity contribution < 1.29 is 13.9 Å². The van der Waals surface area contributed by atoms with Crippen molar-refractivity contribution in [2.75, 3.05) is 27.7 Å². The van der Waals surface area contributed by atoms with E-state index in [4.69, 9.17) is 9.15 Å². The maximum atomic E-state index is 12.7. The highest BCUT2D eigenvalue weighted by atomic mass is 16.5. The molecule has 2 aromatic carbocycles. The number of hydrogen-bond acceptors (Lipinski definition) is 5. The van der Waals surface area contributed by atoms with Crippen molar-refractivity contribution in [3.05, 3.63) is 75.1 Å². The van der Waals surface area contributed by atoms with Crippen molar-refractivity contribution in [1.82, 2.24) is 10.2 Å². The Balaban J connectivity index is 1.82. The van der Waals surface area contributed by atoms with Crippen molar-refractivity contribution in [3.63, 3.8) is 0 Å². The lowest BCUT2D eigenvalue weighted by atomic mass is 10.1. The molecule has 0 spiro atoms. The van der Waals surface area contributed by atoms with E-state index in [0.717, 1.165) is 22.4 Å². The molecule has 0 bridgehead atoms. The summed E-state index contributed by atoms with van der Waals surface area (Å²) in [6.07, 6.45) is 0. The van der Waals surface area contributed by atoms with Crippen LogP contribution in [0.1, 0.15) is 33.3 Å². The molecule has 152 valence electrons. The fourth-order valence-electron chi connectivity index (χ4n) is 3.42. The standard InChI is InChI=1S/C23H26N2O4/c1-14-10-15(2)22-18(11-14)20(26)12-21(29-22)23(27)24-13-19(25(3)4)16-6-8-17(28-5)9-7-16/h6-12,19H,13H2,1-5H3,(H,24,27). The van der Waals surface area contributed by atoms with E-state index < -0.39 is 5.91 Å². The van der Waals surface area contributed by atoms with Crippen molar-refractivity contribution in [2.45, 2.75) is 19.9 Å². The summed E-state index contributed by atoms with van der Waals surface area (Å²) in [6.45, 7) is 4.16. The van der Waals surface area contributed by atoms with Gasteiger partial charge in [-0.3, -0.25) is 9.59 Å². The predicted molar refractivity (Wildman–Crippen MR) is 114 cm³/mol. The van der Waals surface area contributed by atoms with Crippen molar-refractivity contribution >= 4 is 16.9 Å². The van der Waals surface area contributed by atoms with E-state index in [1.54, 1.807) is 13.2 Å². The molecule has 0 aliphatic rings. The Morgan fingerprint density at radius 3 is 2.45 bits per heavy atom. The van der Waals surface area contributed by atoms with Gasteiger partial charge in [-0.2, -0.15) is 0 Å². The van der Waals surface area contributed by atoms with Crippen LogP contribution in [0.3, 0.4) is 0 Å². The Labute approximate surface area is 170 Å². The zero-order valence-corrected chi connectivity index (χ0v) is 17.4. The van der Waals surface area contributed by atoms with Crippen LogP contribution < -0.4 is 15.5 Å². The number of carbonyl (C=O) groups excluding carboxylic acids is 1. The molecule has 0 saturated heterocycles. The highest BCUT2D eigenvalue weighted by Gasteiger charge is 2.18. The van der Waals surface area contributed by atoms with Crippen molar-refractivity contribution in [1.29, 1.82) is 0 Å². The third-order valence-electron chi connectivity index (χ3n) is 4.96. The van der Waals surface area contributed by atoms with E-state index in [1.807, 2.05) is 63.2 Å². The van der Waals surface area contributed by atoms with Crippen LogP contribution in [0.5, 0.6) is 5.75 Å². The summed E-state index contributed by atoms with van der Waals surface area (Å²) >= 11 is 0. The summed E-state index contributed by atoms with van der Waals surface area (Å²) in [4.78, 5) is 27.2. The number of aryl methyl sites for hydroxylation is 2. The van der Waals surface area contributed by atoms with E-state index in [-0.39, 0.29) is 17.2 Å². The Morgan fingerprint density at radius 1 is 1.14 bits per heavy atom. The highest BCUT2D eigenvalue weighted by molar-refractivity contribution is 5.93. The average molecular weight is 394 g/mol. The summed E-state index contributed by atoms with van der Waals surface area (Å²) < 4.78 is 11.0. The molecule has 1 atom stereocenters. The lowest BCUT2D eigenvalue weighted by Crippen LogP contribution is -2.34. The van der Waals surface area contributed by atoms with E-state index >= 15 is 0 Å². The average Bonchev–Trinajstić information content (AvgIpc) is 2.68. The summed E-state index contributed by atoms with van der Waals surface area (Å²) in [7, 11) is 5.52. The molecule has 0 aliphatic heterocycles. The van der Waals surface area contributed by atoms with Crippen LogP contribution >= 0.6 is 0 Å². The van der Waals surface area contributed by atoms with E-state index in [9.17, 15) is 9.59 Å². The van der Waals surface area contributed by atoms with E-state index in [1.165, 1.54) is 6.07 Å². The zero-order chi connectivity index (χ0) is 21.1. The monoisotopic (exact) mass is 394 g/mol. The van der Waals surface area contributed by atoms with Gasteiger partial charge in [0.05, 0.1) is 18.5 Å². The number of fused-ring (bicyclic) bond motifs is 1. The molecular weight excluding hydrogens is 368 g/mol. The third kappa shape index (κ3) is 4.49. The Kier molecular flexibility index (Phi) is 6.03. The summed E-state index contributed by atoms with van der Waals surface area (Å²) in [5.74, 6) is 0.380. The van der Waals surface area contributed by atoms with Crippen LogP contribution in [0.2, 0.25) is 0 Å². The molecule has 1 heterocycles. The highest BCUT2D eigenvalue weighted by Crippen LogP contribution is 2.22. The number of ether oxygens (including phenoxy) is 1. The molecule has 0 fully saturated rings. The lowest BCUT2D eigenvalue weighted by Gasteiger charge is -2.25. The van der Waals surface area contributed by atoms with Crippen molar-refractivity contribution in [2.24, 2.45) is 0 Å². The van der Waals surface area contributed by atoms with Gasteiger partial charge >= 0.3 is 0 Å². The number of likely N-dealkylation sites (N-methyl/N-ethyl adjacent to an activating group) is 1. The largest absolute Gasteiger partial charge is 0.497 e. The van der Waals surface area contributed by atoms with Gasteiger partial charge in [-0.15, -0.1) is 0 Å². The quantitative estimate of drug-likeness (QED) is 0.693. The molecule has 0 aliphatic carbocycles. The number of benzene rings is 2. The van der Waals surface area contributed by atoms with Crippen LogP contribution in [-0.2, 0) is 0 Å². The third-order valence-corrected chi connectivity index (χ3v) is 4.96. The molecule has 0 radical (unpaired) electrons. The fourth-order valence-corrected chi connectivity index (χ4v) is 3.42. The van der Waals surface area contributed by atoms with Gasteiger partial charge in [-0.25, -0.2) is 0 Å². The van der Waals surface area contributed by atoms with Gasteiger partial charge in [0.1, 0.15) is 11.3 Å². The number of carbonyl (C=O) groups is 1. The Morgan fingerprint density at radius 2 is 1.83 bits per heavy atom. The van der Waals surface area contributed by atoms with Gasteiger partial charge in [0.2, 0.25) is 0 Å². The minimum atomic E-state index is -0.413. The van der Waals surface area contributed by atoms with Crippen molar-refractivity contribution in [3.8, 4) is 5.75 Å². The molecule has 3 rings (SSSR count). The topological polar surface area (TPSA) is 71.8 Å². The second kappa shape index (κ2) is 8.49. The summed E-state index contributed by atoms with van der Waals surface area (Å²) in [5.41, 5.74) is 3.08. The number of hydrogen-bond donors (Lipinski definition) is 1. The van der Waals surface area contributed by atoms with Gasteiger partial charge in [0, 0.05) is 12.6 Å². The molecule has 0 saturated carbocycles. The van der Waals surface area contributed by atoms with E-state index in [0.29, 0.717) is 17.5 Å². The molecule has 1 N–H and O–H groups in total. The predicted octanol–water partition coefficient (Wildman–Crippen LogP) is 3.45. The first-order valence-electron chi connectivity index (χ1n) is 9.44. The first-order valence-corrected chi connectivity index (χ1v) is 9.44. The van der Waals surface area contributed by atoms with Gasteiger partial charge in [-0.05, 0) is 62.8 Å². The lowest BCUT2D eigenvalue weighted by molar-refractivity contribution is 0.0914. The molecule has 3 aromatic rings. The molecule has 1 amide bonds. The van der Waals surface area contributed by atoms with Gasteiger partial charge in [0.25, 0.3) is 5.91 Å². The Bertz CT molecular complexity index is 1080. The fraction of sp³-hybridized carbons (Fsp3) is 0.304. The number of rotatable bonds is 6. The minimum Gasteiger partial charge on any atom is -0.497 e. The number of amides is 1. The molecule has 1 aromatic heterocycles. The molecule has 6 heteroatoms. The van der Waals surface area contributed by atoms with Crippen LogP contribution in [0.25, 0.3) is 11.0 Å². The molecular formula is C23H26N2O4. The summed E-state index contributed by atoms with van der Waals surface area (Å²) in [6, 6.07) is 12.6. The van der Waals surface area contributed by atoms with Gasteiger partial charge < -0.3 is 19.4 Å². The summed E-state index contributed by atoms with van der Waals surface area (Å²) in [5, 5.41) is 3.38. The van der Waals surface area contributed by atoms with Crippen LogP contribution in [0.4, 0.5) is 0 Å². The molecule has 6 nitrogen and oxygen atoms in total. The second-order valence-corrected chi connectivity index (χ2v) is 7.40. The first kappa shape index (κ1) is 20.6. The van der Waals surface area contributed by atoms with Crippen LogP contribution in [0, 0.1) is 13.8 Å². The SMILES string of the molecule is COc1ccc(C(CNC(=O)c2cc(=O)c3cc(C)cc(C)c3o2)N(C)C)cc1. The smallest absolute Gasteiger partial charge is 0.287 e. The molecule has 29 heavy (non-hydrogen) atoms.